The maximum Gasteiger partial charge on any atom is 0.0633 e. The van der Waals surface area contributed by atoms with E-state index >= 15 is 0 Å². The van der Waals surface area contributed by atoms with E-state index in [2.05, 4.69) is 36.4 Å². The molecule has 1 nitrogen and oxygen atoms in total. The zero-order valence-electron chi connectivity index (χ0n) is 9.51. The number of hydrogen-bond acceptors (Lipinski definition) is 1. The Bertz CT molecular complexity index is 579. The molecule has 0 saturated heterocycles. The third-order valence-corrected chi connectivity index (χ3v) is 2.90. The van der Waals surface area contributed by atoms with Crippen LogP contribution in [0.1, 0.15) is 17.5 Å². The van der Waals surface area contributed by atoms with Gasteiger partial charge in [-0.25, -0.2) is 0 Å². The number of allylic oxidation sites excluding steroid dienone is 1. The second-order valence-corrected chi connectivity index (χ2v) is 4.09. The monoisotopic (exact) mass is 219 g/mol. The molecule has 0 saturated carbocycles. The van der Waals surface area contributed by atoms with Gasteiger partial charge in [0, 0.05) is 12.0 Å². The third kappa shape index (κ3) is 2.04. The molecule has 0 spiro atoms. The van der Waals surface area contributed by atoms with Gasteiger partial charge in [0.2, 0.25) is 0 Å². The SMILES string of the molecule is C1=Cc2ccccc2C(=Nc2ccccc2)C1. The van der Waals surface area contributed by atoms with Gasteiger partial charge in [-0.3, -0.25) is 4.99 Å². The lowest BCUT2D eigenvalue weighted by Crippen LogP contribution is -2.05. The highest BCUT2D eigenvalue weighted by atomic mass is 14.7. The second kappa shape index (κ2) is 4.38. The quantitative estimate of drug-likeness (QED) is 0.680. The number of hydrogen-bond donors (Lipinski definition) is 0. The fourth-order valence-corrected chi connectivity index (χ4v) is 2.08. The third-order valence-electron chi connectivity index (χ3n) is 2.90. The van der Waals surface area contributed by atoms with Gasteiger partial charge in [0.25, 0.3) is 0 Å². The van der Waals surface area contributed by atoms with Crippen LogP contribution in [-0.2, 0) is 0 Å². The summed E-state index contributed by atoms with van der Waals surface area (Å²) in [6.45, 7) is 0. The van der Waals surface area contributed by atoms with Crippen molar-refractivity contribution < 1.29 is 0 Å². The molecule has 1 heteroatoms. The Morgan fingerprint density at radius 3 is 2.47 bits per heavy atom. The average molecular weight is 219 g/mol. The van der Waals surface area contributed by atoms with E-state index in [0.29, 0.717) is 0 Å². The maximum absolute atomic E-state index is 4.72. The molecule has 0 bridgehead atoms. The van der Waals surface area contributed by atoms with Crippen molar-refractivity contribution in [2.45, 2.75) is 6.42 Å². The first-order valence-corrected chi connectivity index (χ1v) is 5.82. The number of nitrogens with zero attached hydrogens (tertiary/aromatic N) is 1. The van der Waals surface area contributed by atoms with Crippen LogP contribution < -0.4 is 0 Å². The molecule has 0 unspecified atom stereocenters. The Morgan fingerprint density at radius 1 is 0.824 bits per heavy atom. The molecule has 82 valence electrons. The highest BCUT2D eigenvalue weighted by Crippen LogP contribution is 2.22. The summed E-state index contributed by atoms with van der Waals surface area (Å²) in [5.74, 6) is 0. The fraction of sp³-hybridized carbons (Fsp3) is 0.0625. The summed E-state index contributed by atoms with van der Waals surface area (Å²) in [6, 6.07) is 18.5. The predicted molar refractivity (Wildman–Crippen MR) is 72.7 cm³/mol. The molecule has 1 aliphatic rings. The van der Waals surface area contributed by atoms with Crippen molar-refractivity contribution >= 4 is 17.5 Å². The van der Waals surface area contributed by atoms with Crippen molar-refractivity contribution in [1.29, 1.82) is 0 Å². The molecular weight excluding hydrogens is 206 g/mol. The van der Waals surface area contributed by atoms with Crippen molar-refractivity contribution in [2.24, 2.45) is 4.99 Å². The van der Waals surface area contributed by atoms with Crippen LogP contribution in [0.2, 0.25) is 0 Å². The van der Waals surface area contributed by atoms with Gasteiger partial charge in [0.1, 0.15) is 0 Å². The van der Waals surface area contributed by atoms with Gasteiger partial charge in [-0.15, -0.1) is 0 Å². The van der Waals surface area contributed by atoms with Gasteiger partial charge in [-0.2, -0.15) is 0 Å². The molecule has 0 aromatic heterocycles. The molecule has 0 N–H and O–H groups in total. The first kappa shape index (κ1) is 10.0. The second-order valence-electron chi connectivity index (χ2n) is 4.09. The highest BCUT2D eigenvalue weighted by Gasteiger charge is 2.10. The first-order chi connectivity index (χ1) is 8.43. The van der Waals surface area contributed by atoms with E-state index in [1.165, 1.54) is 11.1 Å². The van der Waals surface area contributed by atoms with Gasteiger partial charge in [-0.05, 0) is 17.7 Å². The Morgan fingerprint density at radius 2 is 1.59 bits per heavy atom. The van der Waals surface area contributed by atoms with E-state index in [4.69, 9.17) is 4.99 Å². The van der Waals surface area contributed by atoms with Crippen LogP contribution in [-0.4, -0.2) is 5.71 Å². The maximum atomic E-state index is 4.72. The molecule has 3 rings (SSSR count). The normalized spacial score (nSPS) is 15.9. The van der Waals surface area contributed by atoms with Crippen LogP contribution in [0.4, 0.5) is 5.69 Å². The Labute approximate surface area is 101 Å². The number of aliphatic imine (C=N–C) groups is 1. The van der Waals surface area contributed by atoms with Crippen LogP contribution in [0.3, 0.4) is 0 Å². The molecule has 0 atom stereocenters. The number of benzene rings is 2. The molecule has 2 aromatic rings. The summed E-state index contributed by atoms with van der Waals surface area (Å²) < 4.78 is 0. The summed E-state index contributed by atoms with van der Waals surface area (Å²) in [4.78, 5) is 4.72. The van der Waals surface area contributed by atoms with Crippen molar-refractivity contribution in [3.05, 3.63) is 71.8 Å². The Hall–Kier alpha value is -2.15. The standard InChI is InChI=1S/C16H13N/c1-2-9-14(10-3-1)17-16-12-6-8-13-7-4-5-11-15(13)16/h1-11H,12H2. The number of fused-ring (bicyclic) bond motifs is 1. The van der Waals surface area contributed by atoms with Crippen LogP contribution >= 0.6 is 0 Å². The molecule has 2 aromatic carbocycles. The molecule has 1 aliphatic carbocycles. The molecular formula is C16H13N. The number of para-hydroxylation sites is 1. The number of rotatable bonds is 1. The van der Waals surface area contributed by atoms with Gasteiger partial charge < -0.3 is 0 Å². The van der Waals surface area contributed by atoms with E-state index in [1.54, 1.807) is 0 Å². The van der Waals surface area contributed by atoms with Crippen LogP contribution in [0.5, 0.6) is 0 Å². The average Bonchev–Trinajstić information content (AvgIpc) is 2.40. The molecule has 0 amide bonds. The minimum absolute atomic E-state index is 0.909. The largest absolute Gasteiger partial charge is 0.252 e. The lowest BCUT2D eigenvalue weighted by molar-refractivity contribution is 1.36. The zero-order valence-corrected chi connectivity index (χ0v) is 9.51. The van der Waals surface area contributed by atoms with Crippen LogP contribution in [0.25, 0.3) is 6.08 Å². The zero-order chi connectivity index (χ0) is 11.5. The van der Waals surface area contributed by atoms with Crippen molar-refractivity contribution in [3.8, 4) is 0 Å². The summed E-state index contributed by atoms with van der Waals surface area (Å²) in [5.41, 5.74) is 4.68. The lowest BCUT2D eigenvalue weighted by atomic mass is 9.95. The van der Waals surface area contributed by atoms with E-state index in [9.17, 15) is 0 Å². The molecule has 17 heavy (non-hydrogen) atoms. The van der Waals surface area contributed by atoms with Gasteiger partial charge in [0.05, 0.1) is 11.4 Å². The van der Waals surface area contributed by atoms with Gasteiger partial charge in [0.15, 0.2) is 0 Å². The van der Waals surface area contributed by atoms with Crippen molar-refractivity contribution in [3.63, 3.8) is 0 Å². The van der Waals surface area contributed by atoms with Crippen molar-refractivity contribution in [2.75, 3.05) is 0 Å². The summed E-state index contributed by atoms with van der Waals surface area (Å²) in [7, 11) is 0. The minimum atomic E-state index is 0.909. The minimum Gasteiger partial charge on any atom is -0.252 e. The van der Waals surface area contributed by atoms with Gasteiger partial charge >= 0.3 is 0 Å². The topological polar surface area (TPSA) is 12.4 Å². The van der Waals surface area contributed by atoms with E-state index < -0.39 is 0 Å². The Kier molecular flexibility index (Phi) is 2.59. The summed E-state index contributed by atoms with van der Waals surface area (Å²) in [6.07, 6.45) is 5.25. The summed E-state index contributed by atoms with van der Waals surface area (Å²) >= 11 is 0. The van der Waals surface area contributed by atoms with E-state index in [0.717, 1.165) is 17.8 Å². The fourth-order valence-electron chi connectivity index (χ4n) is 2.08. The van der Waals surface area contributed by atoms with Crippen LogP contribution in [0.15, 0.2) is 65.7 Å². The highest BCUT2D eigenvalue weighted by molar-refractivity contribution is 6.07. The van der Waals surface area contributed by atoms with Crippen LogP contribution in [0, 0.1) is 0 Å². The first-order valence-electron chi connectivity index (χ1n) is 5.82. The molecule has 0 heterocycles. The van der Waals surface area contributed by atoms with E-state index in [-0.39, 0.29) is 0 Å². The van der Waals surface area contributed by atoms with E-state index in [1.807, 2.05) is 30.3 Å². The van der Waals surface area contributed by atoms with Crippen molar-refractivity contribution in [1.82, 2.24) is 0 Å². The summed E-state index contributed by atoms with van der Waals surface area (Å²) in [5, 5.41) is 0. The predicted octanol–water partition coefficient (Wildman–Crippen LogP) is 4.22. The molecule has 0 radical (unpaired) electrons. The molecule has 0 fully saturated rings. The molecule has 0 aliphatic heterocycles. The smallest absolute Gasteiger partial charge is 0.0633 e. The lowest BCUT2D eigenvalue weighted by Gasteiger charge is -2.12. The van der Waals surface area contributed by atoms with Gasteiger partial charge in [-0.1, -0.05) is 54.6 Å². The Balaban J connectivity index is 2.06.